The fourth-order valence-corrected chi connectivity index (χ4v) is 4.38. The number of hydrogen-bond acceptors (Lipinski definition) is 2. The van der Waals surface area contributed by atoms with Gasteiger partial charge in [0.05, 0.1) is 11.2 Å². The van der Waals surface area contributed by atoms with E-state index < -0.39 is 11.2 Å². The van der Waals surface area contributed by atoms with Gasteiger partial charge in [-0.15, -0.1) is 0 Å². The molecule has 0 aromatic carbocycles. The average Bonchev–Trinajstić information content (AvgIpc) is 2.51. The van der Waals surface area contributed by atoms with Crippen molar-refractivity contribution in [3.63, 3.8) is 0 Å². The molecule has 17 heavy (non-hydrogen) atoms. The first kappa shape index (κ1) is 11.5. The maximum atomic E-state index is 11.0. The predicted octanol–water partition coefficient (Wildman–Crippen LogP) is 2.71. The molecule has 0 bridgehead atoms. The molecule has 3 rings (SSSR count). The average molecular weight is 234 g/mol. The first-order valence-corrected chi connectivity index (χ1v) is 6.87. The van der Waals surface area contributed by atoms with Crippen LogP contribution in [0.1, 0.15) is 51.4 Å². The Morgan fingerprint density at radius 1 is 0.647 bits per heavy atom. The van der Waals surface area contributed by atoms with Crippen LogP contribution in [0.5, 0.6) is 0 Å². The Labute approximate surface area is 103 Å². The normalized spacial score (nSPS) is 51.2. The van der Waals surface area contributed by atoms with Crippen LogP contribution in [0.25, 0.3) is 0 Å². The van der Waals surface area contributed by atoms with E-state index in [4.69, 9.17) is 0 Å². The standard InChI is InChI=1S/C15H22O2/c16-14-9-4-2-1-3-7-13(14)8-5-6-10-15(13,17)12-11-14/h1-2,5-6,16-17H,3-4,7-12H2/b2-1-/t13-,14+,15-/m0/s1. The summed E-state index contributed by atoms with van der Waals surface area (Å²) in [6, 6.07) is 0. The zero-order chi connectivity index (χ0) is 12.0. The van der Waals surface area contributed by atoms with Crippen LogP contribution in [-0.2, 0) is 0 Å². The van der Waals surface area contributed by atoms with Gasteiger partial charge in [0.15, 0.2) is 0 Å². The minimum absolute atomic E-state index is 0.292. The second kappa shape index (κ2) is 3.69. The molecular formula is C15H22O2. The van der Waals surface area contributed by atoms with Gasteiger partial charge in [-0.1, -0.05) is 24.3 Å². The Bertz CT molecular complexity index is 373. The monoisotopic (exact) mass is 234 g/mol. The van der Waals surface area contributed by atoms with E-state index in [0.29, 0.717) is 0 Å². The second-order valence-electron chi connectivity index (χ2n) is 6.07. The lowest BCUT2D eigenvalue weighted by Crippen LogP contribution is -2.56. The summed E-state index contributed by atoms with van der Waals surface area (Å²) in [5, 5.41) is 22.0. The van der Waals surface area contributed by atoms with E-state index in [2.05, 4.69) is 24.3 Å². The summed E-state index contributed by atoms with van der Waals surface area (Å²) in [6.45, 7) is 0. The van der Waals surface area contributed by atoms with Crippen molar-refractivity contribution in [1.29, 1.82) is 0 Å². The maximum absolute atomic E-state index is 11.0. The Morgan fingerprint density at radius 2 is 1.29 bits per heavy atom. The Balaban J connectivity index is 2.06. The second-order valence-corrected chi connectivity index (χ2v) is 6.07. The highest BCUT2D eigenvalue weighted by Crippen LogP contribution is 2.62. The highest BCUT2D eigenvalue weighted by Gasteiger charge is 2.65. The van der Waals surface area contributed by atoms with E-state index in [9.17, 15) is 10.2 Å². The lowest BCUT2D eigenvalue weighted by Gasteiger charge is -2.51. The molecule has 1 spiro atoms. The summed E-state index contributed by atoms with van der Waals surface area (Å²) in [7, 11) is 0. The van der Waals surface area contributed by atoms with Crippen molar-refractivity contribution in [3.05, 3.63) is 24.3 Å². The van der Waals surface area contributed by atoms with Crippen LogP contribution in [0.3, 0.4) is 0 Å². The molecule has 2 heteroatoms. The summed E-state index contributed by atoms with van der Waals surface area (Å²) < 4.78 is 0. The van der Waals surface area contributed by atoms with Crippen LogP contribution in [0.15, 0.2) is 24.3 Å². The molecule has 0 unspecified atom stereocenters. The van der Waals surface area contributed by atoms with E-state index in [1.54, 1.807) is 0 Å². The van der Waals surface area contributed by atoms with Crippen LogP contribution >= 0.6 is 0 Å². The number of hydrogen-bond donors (Lipinski definition) is 2. The highest BCUT2D eigenvalue weighted by molar-refractivity contribution is 5.23. The Morgan fingerprint density at radius 3 is 2.12 bits per heavy atom. The van der Waals surface area contributed by atoms with Crippen LogP contribution in [0, 0.1) is 5.41 Å². The summed E-state index contributed by atoms with van der Waals surface area (Å²) in [5.41, 5.74) is -1.61. The lowest BCUT2D eigenvalue weighted by atomic mass is 9.58. The van der Waals surface area contributed by atoms with Crippen molar-refractivity contribution in [1.82, 2.24) is 0 Å². The van der Waals surface area contributed by atoms with Gasteiger partial charge in [-0.3, -0.25) is 0 Å². The molecule has 2 nitrogen and oxygen atoms in total. The van der Waals surface area contributed by atoms with Crippen molar-refractivity contribution >= 4 is 0 Å². The van der Waals surface area contributed by atoms with Gasteiger partial charge in [-0.25, -0.2) is 0 Å². The van der Waals surface area contributed by atoms with Crippen molar-refractivity contribution in [2.24, 2.45) is 5.41 Å². The number of aliphatic hydroxyl groups is 2. The van der Waals surface area contributed by atoms with E-state index >= 15 is 0 Å². The zero-order valence-electron chi connectivity index (χ0n) is 10.4. The molecule has 3 aliphatic rings. The molecular weight excluding hydrogens is 212 g/mol. The molecule has 3 aliphatic carbocycles. The fraction of sp³-hybridized carbons (Fsp3) is 0.733. The summed E-state index contributed by atoms with van der Waals surface area (Å²) in [5.74, 6) is 0. The molecule has 2 N–H and O–H groups in total. The van der Waals surface area contributed by atoms with E-state index in [1.807, 2.05) is 0 Å². The quantitative estimate of drug-likeness (QED) is 0.633. The Kier molecular flexibility index (Phi) is 2.50. The van der Waals surface area contributed by atoms with Crippen LogP contribution in [0.4, 0.5) is 0 Å². The third-order valence-corrected chi connectivity index (χ3v) is 5.45. The van der Waals surface area contributed by atoms with Gasteiger partial charge in [0.1, 0.15) is 0 Å². The largest absolute Gasteiger partial charge is 0.389 e. The predicted molar refractivity (Wildman–Crippen MR) is 67.5 cm³/mol. The number of allylic oxidation sites excluding steroid dienone is 3. The summed E-state index contributed by atoms with van der Waals surface area (Å²) in [6.07, 6.45) is 15.4. The zero-order valence-corrected chi connectivity index (χ0v) is 10.4. The van der Waals surface area contributed by atoms with Gasteiger partial charge in [-0.2, -0.15) is 0 Å². The van der Waals surface area contributed by atoms with Gasteiger partial charge in [0, 0.05) is 5.41 Å². The van der Waals surface area contributed by atoms with Crippen LogP contribution in [-0.4, -0.2) is 21.4 Å². The molecule has 3 atom stereocenters. The van der Waals surface area contributed by atoms with Crippen molar-refractivity contribution in [3.8, 4) is 0 Å². The van der Waals surface area contributed by atoms with E-state index in [1.165, 1.54) is 0 Å². The fourth-order valence-electron chi connectivity index (χ4n) is 4.38. The first-order chi connectivity index (χ1) is 8.12. The minimum Gasteiger partial charge on any atom is -0.389 e. The van der Waals surface area contributed by atoms with E-state index in [-0.39, 0.29) is 5.41 Å². The van der Waals surface area contributed by atoms with E-state index in [0.717, 1.165) is 51.4 Å². The van der Waals surface area contributed by atoms with Crippen molar-refractivity contribution in [2.45, 2.75) is 62.6 Å². The van der Waals surface area contributed by atoms with Crippen molar-refractivity contribution < 1.29 is 10.2 Å². The van der Waals surface area contributed by atoms with Crippen LogP contribution in [0.2, 0.25) is 0 Å². The van der Waals surface area contributed by atoms with Crippen molar-refractivity contribution in [2.75, 3.05) is 0 Å². The molecule has 0 heterocycles. The smallest absolute Gasteiger partial charge is 0.0769 e. The molecule has 0 aliphatic heterocycles. The molecule has 1 fully saturated rings. The third kappa shape index (κ3) is 1.40. The maximum Gasteiger partial charge on any atom is 0.0769 e. The third-order valence-electron chi connectivity index (χ3n) is 5.45. The highest BCUT2D eigenvalue weighted by atomic mass is 16.3. The first-order valence-electron chi connectivity index (χ1n) is 6.87. The molecule has 0 saturated heterocycles. The van der Waals surface area contributed by atoms with Gasteiger partial charge in [-0.05, 0) is 51.4 Å². The summed E-state index contributed by atoms with van der Waals surface area (Å²) >= 11 is 0. The minimum atomic E-state index is -0.665. The molecule has 0 amide bonds. The molecule has 94 valence electrons. The summed E-state index contributed by atoms with van der Waals surface area (Å²) in [4.78, 5) is 0. The topological polar surface area (TPSA) is 40.5 Å². The molecule has 1 saturated carbocycles. The molecule has 0 aromatic heterocycles. The van der Waals surface area contributed by atoms with Gasteiger partial charge in [0.2, 0.25) is 0 Å². The van der Waals surface area contributed by atoms with Gasteiger partial charge < -0.3 is 10.2 Å². The Hall–Kier alpha value is -0.600. The number of rotatable bonds is 0. The lowest BCUT2D eigenvalue weighted by molar-refractivity contribution is -0.159. The SMILES string of the molecule is O[C@@]12CC/C=C\CC[C@]13CC=CC[C@]3(O)CC2. The molecule has 0 radical (unpaired) electrons. The van der Waals surface area contributed by atoms with Crippen LogP contribution < -0.4 is 0 Å². The molecule has 0 aromatic rings. The van der Waals surface area contributed by atoms with Gasteiger partial charge in [0.25, 0.3) is 0 Å². The van der Waals surface area contributed by atoms with Gasteiger partial charge >= 0.3 is 0 Å².